The molecule has 2 aromatic rings. The quantitative estimate of drug-likeness (QED) is 0.887. The van der Waals surface area contributed by atoms with Crippen LogP contribution < -0.4 is 5.32 Å². The molecule has 0 saturated carbocycles. The molecular formula is C12H13ClN4. The third-order valence-electron chi connectivity index (χ3n) is 2.63. The first-order valence-corrected chi connectivity index (χ1v) is 5.63. The minimum atomic E-state index is 0.184. The zero-order chi connectivity index (χ0) is 12.4. The van der Waals surface area contributed by atoms with Crippen LogP contribution in [-0.2, 0) is 0 Å². The predicted molar refractivity (Wildman–Crippen MR) is 68.8 cm³/mol. The lowest BCUT2D eigenvalue weighted by molar-refractivity contribution is 1.05. The Balaban J connectivity index is 2.33. The molecule has 0 bridgehead atoms. The first-order chi connectivity index (χ1) is 8.06. The van der Waals surface area contributed by atoms with Gasteiger partial charge < -0.3 is 5.32 Å². The van der Waals surface area contributed by atoms with Crippen molar-refractivity contribution in [2.24, 2.45) is 0 Å². The van der Waals surface area contributed by atoms with Crippen molar-refractivity contribution in [1.82, 2.24) is 15.0 Å². The van der Waals surface area contributed by atoms with Crippen molar-refractivity contribution in [3.63, 3.8) is 0 Å². The summed E-state index contributed by atoms with van der Waals surface area (Å²) in [5, 5.41) is 3.32. The molecule has 5 heteroatoms. The van der Waals surface area contributed by atoms with Crippen LogP contribution in [0.5, 0.6) is 0 Å². The van der Waals surface area contributed by atoms with Crippen LogP contribution in [0.15, 0.2) is 18.5 Å². The number of nitrogens with zero attached hydrogens (tertiary/aromatic N) is 3. The number of rotatable bonds is 2. The molecule has 0 aliphatic carbocycles. The maximum atomic E-state index is 5.71. The Morgan fingerprint density at radius 3 is 2.41 bits per heavy atom. The molecule has 88 valence electrons. The molecule has 0 unspecified atom stereocenters. The summed E-state index contributed by atoms with van der Waals surface area (Å²) in [6.45, 7) is 6.20. The number of hydrogen-bond donors (Lipinski definition) is 1. The lowest BCUT2D eigenvalue weighted by Gasteiger charge is -2.10. The van der Waals surface area contributed by atoms with E-state index >= 15 is 0 Å². The van der Waals surface area contributed by atoms with Crippen LogP contribution in [0.1, 0.15) is 16.7 Å². The van der Waals surface area contributed by atoms with Gasteiger partial charge in [-0.05, 0) is 55.1 Å². The van der Waals surface area contributed by atoms with Gasteiger partial charge in [0.1, 0.15) is 6.33 Å². The monoisotopic (exact) mass is 248 g/mol. The molecule has 0 amide bonds. The summed E-state index contributed by atoms with van der Waals surface area (Å²) in [5.41, 5.74) is 4.61. The Morgan fingerprint density at radius 2 is 1.71 bits per heavy atom. The third kappa shape index (κ3) is 2.71. The van der Waals surface area contributed by atoms with Crippen LogP contribution in [0.4, 0.5) is 11.6 Å². The van der Waals surface area contributed by atoms with Crippen LogP contribution in [0.3, 0.4) is 0 Å². The van der Waals surface area contributed by atoms with E-state index in [2.05, 4.69) is 46.2 Å². The minimum Gasteiger partial charge on any atom is -0.324 e. The van der Waals surface area contributed by atoms with Gasteiger partial charge in [-0.25, -0.2) is 9.97 Å². The SMILES string of the molecule is Cc1cc(C)c(Nc2ncnc(Cl)n2)cc1C. The molecular weight excluding hydrogens is 236 g/mol. The molecule has 1 N–H and O–H groups in total. The Kier molecular flexibility index (Phi) is 3.24. The fourth-order valence-corrected chi connectivity index (χ4v) is 1.68. The Labute approximate surface area is 105 Å². The van der Waals surface area contributed by atoms with Gasteiger partial charge in [-0.1, -0.05) is 6.07 Å². The lowest BCUT2D eigenvalue weighted by Crippen LogP contribution is -2.00. The summed E-state index contributed by atoms with van der Waals surface area (Å²) in [7, 11) is 0. The van der Waals surface area contributed by atoms with Crippen molar-refractivity contribution >= 4 is 23.2 Å². The van der Waals surface area contributed by atoms with Gasteiger partial charge in [0.25, 0.3) is 0 Å². The van der Waals surface area contributed by atoms with Gasteiger partial charge in [0.15, 0.2) is 0 Å². The normalized spacial score (nSPS) is 10.4. The number of aryl methyl sites for hydroxylation is 3. The summed E-state index contributed by atoms with van der Waals surface area (Å²) >= 11 is 5.71. The second-order valence-corrected chi connectivity index (χ2v) is 4.29. The molecule has 2 rings (SSSR count). The summed E-state index contributed by atoms with van der Waals surface area (Å²) in [5.74, 6) is 0.455. The maximum Gasteiger partial charge on any atom is 0.231 e. The van der Waals surface area contributed by atoms with E-state index in [-0.39, 0.29) is 5.28 Å². The summed E-state index contributed by atoms with van der Waals surface area (Å²) in [4.78, 5) is 11.7. The van der Waals surface area contributed by atoms with Crippen molar-refractivity contribution in [2.75, 3.05) is 5.32 Å². The Bertz CT molecular complexity index is 554. The zero-order valence-electron chi connectivity index (χ0n) is 9.95. The average molecular weight is 249 g/mol. The molecule has 17 heavy (non-hydrogen) atoms. The highest BCUT2D eigenvalue weighted by atomic mass is 35.5. The topological polar surface area (TPSA) is 50.7 Å². The van der Waals surface area contributed by atoms with Crippen LogP contribution in [0.25, 0.3) is 0 Å². The minimum absolute atomic E-state index is 0.184. The standard InChI is InChI=1S/C12H13ClN4/c1-7-4-9(3)10(5-8(7)2)16-12-15-6-14-11(13)17-12/h4-6H,1-3H3,(H,14,15,16,17). The van der Waals surface area contributed by atoms with E-state index in [1.165, 1.54) is 17.5 Å². The van der Waals surface area contributed by atoms with Gasteiger partial charge in [0, 0.05) is 5.69 Å². The molecule has 1 aromatic carbocycles. The van der Waals surface area contributed by atoms with E-state index in [0.717, 1.165) is 11.3 Å². The van der Waals surface area contributed by atoms with E-state index in [1.54, 1.807) is 0 Å². The van der Waals surface area contributed by atoms with Crippen molar-refractivity contribution in [3.05, 3.63) is 40.4 Å². The molecule has 0 fully saturated rings. The highest BCUT2D eigenvalue weighted by Crippen LogP contribution is 2.22. The van der Waals surface area contributed by atoms with Crippen molar-refractivity contribution < 1.29 is 0 Å². The molecule has 1 aromatic heterocycles. The first-order valence-electron chi connectivity index (χ1n) is 5.25. The molecule has 4 nitrogen and oxygen atoms in total. The number of halogens is 1. The molecule has 0 aliphatic heterocycles. The third-order valence-corrected chi connectivity index (χ3v) is 2.81. The van der Waals surface area contributed by atoms with E-state index in [1.807, 2.05) is 6.92 Å². The lowest BCUT2D eigenvalue weighted by atomic mass is 10.1. The smallest absolute Gasteiger partial charge is 0.231 e. The highest BCUT2D eigenvalue weighted by molar-refractivity contribution is 6.28. The fraction of sp³-hybridized carbons (Fsp3) is 0.250. The van der Waals surface area contributed by atoms with Gasteiger partial charge in [0.05, 0.1) is 0 Å². The van der Waals surface area contributed by atoms with Gasteiger partial charge in [-0.2, -0.15) is 4.98 Å². The molecule has 0 atom stereocenters. The summed E-state index contributed by atoms with van der Waals surface area (Å²) in [6, 6.07) is 4.20. The largest absolute Gasteiger partial charge is 0.324 e. The van der Waals surface area contributed by atoms with E-state index in [4.69, 9.17) is 11.6 Å². The summed E-state index contributed by atoms with van der Waals surface area (Å²) < 4.78 is 0. The van der Waals surface area contributed by atoms with E-state index in [0.29, 0.717) is 5.95 Å². The second-order valence-electron chi connectivity index (χ2n) is 3.95. The Morgan fingerprint density at radius 1 is 1.00 bits per heavy atom. The number of nitrogens with one attached hydrogen (secondary N) is 1. The van der Waals surface area contributed by atoms with Gasteiger partial charge in [-0.3, -0.25) is 0 Å². The van der Waals surface area contributed by atoms with Crippen LogP contribution in [-0.4, -0.2) is 15.0 Å². The molecule has 0 spiro atoms. The molecule has 0 saturated heterocycles. The molecule has 1 heterocycles. The second kappa shape index (κ2) is 4.67. The average Bonchev–Trinajstić information content (AvgIpc) is 2.26. The van der Waals surface area contributed by atoms with Crippen LogP contribution in [0.2, 0.25) is 5.28 Å². The maximum absolute atomic E-state index is 5.71. The number of anilines is 2. The predicted octanol–water partition coefficient (Wildman–Crippen LogP) is 3.19. The zero-order valence-corrected chi connectivity index (χ0v) is 10.7. The van der Waals surface area contributed by atoms with E-state index in [9.17, 15) is 0 Å². The number of aromatic nitrogens is 3. The van der Waals surface area contributed by atoms with E-state index < -0.39 is 0 Å². The van der Waals surface area contributed by atoms with Gasteiger partial charge in [0.2, 0.25) is 11.2 Å². The number of hydrogen-bond acceptors (Lipinski definition) is 4. The van der Waals surface area contributed by atoms with Crippen LogP contribution >= 0.6 is 11.6 Å². The van der Waals surface area contributed by atoms with Gasteiger partial charge in [-0.15, -0.1) is 0 Å². The molecule has 0 radical (unpaired) electrons. The van der Waals surface area contributed by atoms with Crippen molar-refractivity contribution in [3.8, 4) is 0 Å². The highest BCUT2D eigenvalue weighted by Gasteiger charge is 2.04. The Hall–Kier alpha value is -1.68. The first kappa shape index (κ1) is 11.8. The number of benzene rings is 1. The molecule has 0 aliphatic rings. The van der Waals surface area contributed by atoms with Crippen LogP contribution in [0, 0.1) is 20.8 Å². The fourth-order valence-electron chi connectivity index (χ4n) is 1.55. The van der Waals surface area contributed by atoms with Gasteiger partial charge >= 0.3 is 0 Å². The summed E-state index contributed by atoms with van der Waals surface area (Å²) in [6.07, 6.45) is 1.38. The van der Waals surface area contributed by atoms with Crippen molar-refractivity contribution in [1.29, 1.82) is 0 Å². The van der Waals surface area contributed by atoms with Crippen molar-refractivity contribution in [2.45, 2.75) is 20.8 Å².